The van der Waals surface area contributed by atoms with Crippen LogP contribution in [0.3, 0.4) is 0 Å². The Morgan fingerprint density at radius 3 is 2.38 bits per heavy atom. The van der Waals surface area contributed by atoms with Gasteiger partial charge in [0.15, 0.2) is 0 Å². The first-order valence-electron chi connectivity index (χ1n) is 5.16. The van der Waals surface area contributed by atoms with Crippen molar-refractivity contribution >= 4 is 11.9 Å². The number of carbonyl (C=O) groups excluding carboxylic acids is 1. The maximum atomic E-state index is 11.5. The molecule has 0 amide bonds. The molecule has 0 aromatic rings. The Kier molecular flexibility index (Phi) is 3.52. The average Bonchev–Trinajstić information content (AvgIpc) is 2.96. The molecule has 0 radical (unpaired) electrons. The molecule has 88 valence electrons. The monoisotopic (exact) mass is 224 g/mol. The number of esters is 1. The fourth-order valence-electron chi connectivity index (χ4n) is 1.41. The van der Waals surface area contributed by atoms with Gasteiger partial charge in [0, 0.05) is 6.08 Å². The summed E-state index contributed by atoms with van der Waals surface area (Å²) in [7, 11) is 0. The zero-order valence-corrected chi connectivity index (χ0v) is 9.53. The average molecular weight is 224 g/mol. The first-order valence-corrected chi connectivity index (χ1v) is 5.16. The van der Waals surface area contributed by atoms with Crippen molar-refractivity contribution in [3.8, 4) is 0 Å². The number of ether oxygens (including phenoxy) is 1. The molecule has 0 unspecified atom stereocenters. The molecule has 0 heterocycles. The number of aliphatic carboxylic acids is 1. The van der Waals surface area contributed by atoms with Gasteiger partial charge in [0.05, 0.1) is 5.57 Å². The summed E-state index contributed by atoms with van der Waals surface area (Å²) < 4.78 is 5.27. The van der Waals surface area contributed by atoms with Crippen LogP contribution >= 0.6 is 0 Å². The molecular weight excluding hydrogens is 208 g/mol. The van der Waals surface area contributed by atoms with Crippen LogP contribution in [0.4, 0.5) is 0 Å². The van der Waals surface area contributed by atoms with Crippen molar-refractivity contribution in [2.75, 3.05) is 0 Å². The molecule has 1 saturated carbocycles. The largest absolute Gasteiger partial charge is 0.478 e. The van der Waals surface area contributed by atoms with Crippen LogP contribution in [0.25, 0.3) is 0 Å². The third-order valence-corrected chi connectivity index (χ3v) is 2.61. The smallest absolute Gasteiger partial charge is 0.338 e. The Balaban J connectivity index is 2.51. The molecule has 1 aliphatic carbocycles. The van der Waals surface area contributed by atoms with Gasteiger partial charge in [-0.05, 0) is 38.7 Å². The number of carboxylic acids is 1. The van der Waals surface area contributed by atoms with Crippen molar-refractivity contribution in [3.63, 3.8) is 0 Å². The molecule has 1 fully saturated rings. The molecule has 4 nitrogen and oxygen atoms in total. The maximum absolute atomic E-state index is 11.5. The van der Waals surface area contributed by atoms with Crippen LogP contribution in [0, 0.1) is 5.92 Å². The zero-order chi connectivity index (χ0) is 12.3. The first kappa shape index (κ1) is 12.5. The summed E-state index contributed by atoms with van der Waals surface area (Å²) in [6, 6.07) is 0. The molecule has 16 heavy (non-hydrogen) atoms. The van der Waals surface area contributed by atoms with Gasteiger partial charge < -0.3 is 9.84 Å². The lowest BCUT2D eigenvalue weighted by atomic mass is 10.0. The van der Waals surface area contributed by atoms with Gasteiger partial charge in [-0.15, -0.1) is 0 Å². The highest BCUT2D eigenvalue weighted by molar-refractivity contribution is 5.93. The summed E-state index contributed by atoms with van der Waals surface area (Å²) in [5.41, 5.74) is -0.437. The highest BCUT2D eigenvalue weighted by Crippen LogP contribution is 2.41. The van der Waals surface area contributed by atoms with Crippen molar-refractivity contribution in [2.24, 2.45) is 5.92 Å². The van der Waals surface area contributed by atoms with Crippen LogP contribution in [0.5, 0.6) is 0 Å². The Hall–Kier alpha value is -1.58. The molecule has 4 heteroatoms. The molecule has 0 aromatic carbocycles. The summed E-state index contributed by atoms with van der Waals surface area (Å²) in [6.45, 7) is 7.18. The lowest BCUT2D eigenvalue weighted by molar-refractivity contribution is -0.152. The van der Waals surface area contributed by atoms with Gasteiger partial charge >= 0.3 is 11.9 Å². The van der Waals surface area contributed by atoms with E-state index in [0.717, 1.165) is 25.0 Å². The Morgan fingerprint density at radius 2 is 1.94 bits per heavy atom. The minimum absolute atomic E-state index is 0.0520. The van der Waals surface area contributed by atoms with Crippen LogP contribution in [-0.2, 0) is 14.3 Å². The van der Waals surface area contributed by atoms with E-state index in [1.54, 1.807) is 0 Å². The standard InChI is InChI=1S/C12H16O4/c1-8(4-7-10(13)14)11(15)16-12(2,3)9-5-6-9/h4,7,9H,1,5-6H2,2-3H3,(H,13,14). The molecule has 1 rings (SSSR count). The quantitative estimate of drug-likeness (QED) is 0.440. The fourth-order valence-corrected chi connectivity index (χ4v) is 1.41. The van der Waals surface area contributed by atoms with Gasteiger partial charge in [-0.25, -0.2) is 9.59 Å². The second kappa shape index (κ2) is 4.51. The molecule has 0 aromatic heterocycles. The second-order valence-corrected chi connectivity index (χ2v) is 4.46. The minimum Gasteiger partial charge on any atom is -0.478 e. The number of carbonyl (C=O) groups is 2. The summed E-state index contributed by atoms with van der Waals surface area (Å²) in [5, 5.41) is 8.39. The van der Waals surface area contributed by atoms with Crippen molar-refractivity contribution in [3.05, 3.63) is 24.3 Å². The first-order chi connectivity index (χ1) is 7.33. The van der Waals surface area contributed by atoms with Gasteiger partial charge in [-0.2, -0.15) is 0 Å². The Morgan fingerprint density at radius 1 is 1.38 bits per heavy atom. The number of hydrogen-bond donors (Lipinski definition) is 1. The van der Waals surface area contributed by atoms with E-state index in [0.29, 0.717) is 5.92 Å². The lowest BCUT2D eigenvalue weighted by Crippen LogP contribution is -2.30. The van der Waals surface area contributed by atoms with Crippen molar-refractivity contribution in [1.82, 2.24) is 0 Å². The van der Waals surface area contributed by atoms with Crippen LogP contribution in [-0.4, -0.2) is 22.6 Å². The van der Waals surface area contributed by atoms with Gasteiger partial charge in [0.1, 0.15) is 5.60 Å². The van der Waals surface area contributed by atoms with E-state index in [4.69, 9.17) is 9.84 Å². The number of rotatable bonds is 5. The molecule has 0 aliphatic heterocycles. The van der Waals surface area contributed by atoms with E-state index in [2.05, 4.69) is 6.58 Å². The van der Waals surface area contributed by atoms with Crippen LogP contribution in [0.2, 0.25) is 0 Å². The van der Waals surface area contributed by atoms with E-state index in [9.17, 15) is 9.59 Å². The van der Waals surface area contributed by atoms with Crippen molar-refractivity contribution in [2.45, 2.75) is 32.3 Å². The van der Waals surface area contributed by atoms with Crippen molar-refractivity contribution in [1.29, 1.82) is 0 Å². The van der Waals surface area contributed by atoms with Crippen molar-refractivity contribution < 1.29 is 19.4 Å². The van der Waals surface area contributed by atoms with Crippen LogP contribution in [0.15, 0.2) is 24.3 Å². The normalized spacial score (nSPS) is 16.1. The summed E-state index contributed by atoms with van der Waals surface area (Å²) >= 11 is 0. The third kappa shape index (κ3) is 3.53. The molecule has 0 saturated heterocycles. The molecular formula is C12H16O4. The second-order valence-electron chi connectivity index (χ2n) is 4.46. The zero-order valence-electron chi connectivity index (χ0n) is 9.53. The number of hydrogen-bond acceptors (Lipinski definition) is 3. The van der Waals surface area contributed by atoms with E-state index in [-0.39, 0.29) is 5.57 Å². The van der Waals surface area contributed by atoms with Gasteiger partial charge in [0.25, 0.3) is 0 Å². The Bertz CT molecular complexity index is 348. The maximum Gasteiger partial charge on any atom is 0.338 e. The topological polar surface area (TPSA) is 63.6 Å². The minimum atomic E-state index is -1.12. The van der Waals surface area contributed by atoms with E-state index in [1.165, 1.54) is 0 Å². The molecule has 1 aliphatic rings. The Labute approximate surface area is 94.6 Å². The lowest BCUT2D eigenvalue weighted by Gasteiger charge is -2.24. The summed E-state index contributed by atoms with van der Waals surface area (Å²) in [4.78, 5) is 21.8. The molecule has 0 atom stereocenters. The van der Waals surface area contributed by atoms with Crippen LogP contribution < -0.4 is 0 Å². The molecule has 0 bridgehead atoms. The van der Waals surface area contributed by atoms with Crippen LogP contribution in [0.1, 0.15) is 26.7 Å². The summed E-state index contributed by atoms with van der Waals surface area (Å²) in [6.07, 6.45) is 4.15. The fraction of sp³-hybridized carbons (Fsp3) is 0.500. The van der Waals surface area contributed by atoms with E-state index < -0.39 is 17.5 Å². The van der Waals surface area contributed by atoms with E-state index >= 15 is 0 Å². The molecule has 1 N–H and O–H groups in total. The summed E-state index contributed by atoms with van der Waals surface area (Å²) in [5.74, 6) is -1.27. The van der Waals surface area contributed by atoms with Gasteiger partial charge in [-0.1, -0.05) is 6.58 Å². The predicted octanol–water partition coefficient (Wildman–Crippen LogP) is 1.92. The molecule has 0 spiro atoms. The van der Waals surface area contributed by atoms with E-state index in [1.807, 2.05) is 13.8 Å². The SMILES string of the molecule is C=C(C=CC(=O)O)C(=O)OC(C)(C)C1CC1. The third-order valence-electron chi connectivity index (χ3n) is 2.61. The number of carboxylic acid groups (broad SMARTS) is 1. The predicted molar refractivity (Wildman–Crippen MR) is 58.8 cm³/mol. The van der Waals surface area contributed by atoms with Gasteiger partial charge in [-0.3, -0.25) is 0 Å². The van der Waals surface area contributed by atoms with Gasteiger partial charge in [0.2, 0.25) is 0 Å². The highest BCUT2D eigenvalue weighted by atomic mass is 16.6. The highest BCUT2D eigenvalue weighted by Gasteiger charge is 2.40.